The molecular formula is C19H19FN4O3. The summed E-state index contributed by atoms with van der Waals surface area (Å²) in [6.45, 7) is 4.31. The maximum Gasteiger partial charge on any atom is 0.261 e. The number of piperidine rings is 1. The number of methoxy groups -OCH3 is 1. The van der Waals surface area contributed by atoms with Gasteiger partial charge in [-0.15, -0.1) is 0 Å². The standard InChI is InChI=1S/C19H19FN4O3/c1-10-14-8-13(26-3)9-15(20)17(14)22-18(24-6-4-12(25)5-7-24)16(10)19-21-11(2)23-27-19/h8-9H,4-7H2,1-3H3/i3D3. The molecule has 1 aliphatic heterocycles. The number of rotatable bonds is 3. The second kappa shape index (κ2) is 6.61. The van der Waals surface area contributed by atoms with E-state index in [0.29, 0.717) is 54.1 Å². The second-order valence-electron chi connectivity index (χ2n) is 6.51. The Balaban J connectivity index is 1.94. The summed E-state index contributed by atoms with van der Waals surface area (Å²) in [4.78, 5) is 22.4. The smallest absolute Gasteiger partial charge is 0.261 e. The lowest BCUT2D eigenvalue weighted by Crippen LogP contribution is -2.34. The molecule has 0 unspecified atom stereocenters. The quantitative estimate of drug-likeness (QED) is 0.697. The SMILES string of the molecule is [2H]C([2H])([2H])Oc1cc(F)c2nc(N3CCC(=O)CC3)c(-c3nc(C)no3)c(C)c2c1. The number of aromatic nitrogens is 3. The number of halogens is 1. The number of carbonyl (C=O) groups excluding carboxylic acids is 1. The first-order valence-electron chi connectivity index (χ1n) is 10.0. The molecule has 140 valence electrons. The number of hydrogen-bond acceptors (Lipinski definition) is 7. The Morgan fingerprint density at radius 2 is 2.04 bits per heavy atom. The van der Waals surface area contributed by atoms with E-state index < -0.39 is 12.9 Å². The third kappa shape index (κ3) is 3.01. The number of carbonyl (C=O) groups is 1. The van der Waals surface area contributed by atoms with Crippen LogP contribution in [0.3, 0.4) is 0 Å². The van der Waals surface area contributed by atoms with Crippen LogP contribution in [0, 0.1) is 19.7 Å². The highest BCUT2D eigenvalue weighted by atomic mass is 19.1. The molecule has 1 aromatic carbocycles. The first kappa shape index (κ1) is 14.1. The summed E-state index contributed by atoms with van der Waals surface area (Å²) < 4.78 is 47.0. The molecule has 7 nitrogen and oxygen atoms in total. The van der Waals surface area contributed by atoms with Crippen molar-refractivity contribution >= 4 is 22.5 Å². The molecule has 1 saturated heterocycles. The molecule has 3 heterocycles. The first-order valence-corrected chi connectivity index (χ1v) is 8.52. The van der Waals surface area contributed by atoms with Crippen LogP contribution in [0.4, 0.5) is 10.2 Å². The van der Waals surface area contributed by atoms with Crippen LogP contribution in [0.1, 0.15) is 28.3 Å². The molecule has 0 saturated carbocycles. The number of nitrogens with zero attached hydrogens (tertiary/aromatic N) is 4. The van der Waals surface area contributed by atoms with Gasteiger partial charge in [-0.3, -0.25) is 4.79 Å². The summed E-state index contributed by atoms with van der Waals surface area (Å²) in [7, 11) is -2.71. The zero-order valence-electron chi connectivity index (χ0n) is 17.9. The van der Waals surface area contributed by atoms with Gasteiger partial charge in [-0.25, -0.2) is 9.37 Å². The predicted molar refractivity (Wildman–Crippen MR) is 97.5 cm³/mol. The Kier molecular flexibility index (Phi) is 3.44. The van der Waals surface area contributed by atoms with Crippen molar-refractivity contribution in [1.82, 2.24) is 15.1 Å². The van der Waals surface area contributed by atoms with E-state index in [0.717, 1.165) is 6.07 Å². The molecule has 0 spiro atoms. The van der Waals surface area contributed by atoms with Crippen molar-refractivity contribution < 1.29 is 22.6 Å². The fourth-order valence-corrected chi connectivity index (χ4v) is 3.35. The molecule has 3 aromatic rings. The molecule has 8 heteroatoms. The molecule has 0 radical (unpaired) electrons. The fraction of sp³-hybridized carbons (Fsp3) is 0.368. The van der Waals surface area contributed by atoms with E-state index in [9.17, 15) is 9.18 Å². The molecule has 1 aliphatic rings. The van der Waals surface area contributed by atoms with Gasteiger partial charge in [-0.2, -0.15) is 4.98 Å². The molecular weight excluding hydrogens is 351 g/mol. The summed E-state index contributed by atoms with van der Waals surface area (Å²) in [6.07, 6.45) is 0.740. The maximum absolute atomic E-state index is 14.9. The van der Waals surface area contributed by atoms with Crippen molar-refractivity contribution in [3.63, 3.8) is 0 Å². The molecule has 27 heavy (non-hydrogen) atoms. The van der Waals surface area contributed by atoms with Gasteiger partial charge in [-0.1, -0.05) is 5.16 Å². The minimum absolute atomic E-state index is 0.0669. The van der Waals surface area contributed by atoms with Crippen molar-refractivity contribution in [1.29, 1.82) is 0 Å². The molecule has 0 atom stereocenters. The van der Waals surface area contributed by atoms with Gasteiger partial charge in [-0.05, 0) is 25.5 Å². The lowest BCUT2D eigenvalue weighted by molar-refractivity contribution is -0.119. The van der Waals surface area contributed by atoms with Crippen LogP contribution in [-0.4, -0.2) is 41.0 Å². The largest absolute Gasteiger partial charge is 0.497 e. The van der Waals surface area contributed by atoms with Crippen molar-refractivity contribution in [3.8, 4) is 17.2 Å². The number of fused-ring (bicyclic) bond motifs is 1. The van der Waals surface area contributed by atoms with Gasteiger partial charge >= 0.3 is 0 Å². The van der Waals surface area contributed by atoms with Crippen LogP contribution in [-0.2, 0) is 4.79 Å². The third-order valence-corrected chi connectivity index (χ3v) is 4.74. The summed E-state index contributed by atoms with van der Waals surface area (Å²) in [5.41, 5.74) is 1.17. The second-order valence-corrected chi connectivity index (χ2v) is 6.51. The van der Waals surface area contributed by atoms with E-state index >= 15 is 0 Å². The van der Waals surface area contributed by atoms with Crippen LogP contribution in [0.5, 0.6) is 5.75 Å². The number of anilines is 1. The zero-order chi connectivity index (χ0) is 21.6. The van der Waals surface area contributed by atoms with Crippen molar-refractivity contribution in [3.05, 3.63) is 29.3 Å². The molecule has 2 aromatic heterocycles. The van der Waals surface area contributed by atoms with Crippen LogP contribution in [0.25, 0.3) is 22.4 Å². The Labute approximate surface area is 159 Å². The van der Waals surface area contributed by atoms with E-state index in [4.69, 9.17) is 13.4 Å². The molecule has 0 amide bonds. The Morgan fingerprint density at radius 3 is 2.70 bits per heavy atom. The lowest BCUT2D eigenvalue weighted by atomic mass is 10.0. The Bertz CT molecular complexity index is 1140. The highest BCUT2D eigenvalue weighted by molar-refractivity contribution is 5.94. The van der Waals surface area contributed by atoms with Crippen molar-refractivity contribution in [2.45, 2.75) is 26.7 Å². The number of ether oxygens (including phenoxy) is 1. The summed E-state index contributed by atoms with van der Waals surface area (Å²) >= 11 is 0. The van der Waals surface area contributed by atoms with E-state index in [-0.39, 0.29) is 22.9 Å². The Morgan fingerprint density at radius 1 is 1.26 bits per heavy atom. The summed E-state index contributed by atoms with van der Waals surface area (Å²) in [6, 6.07) is 2.44. The molecule has 1 fully saturated rings. The summed E-state index contributed by atoms with van der Waals surface area (Å²) in [5.74, 6) is 0.409. The number of benzene rings is 1. The third-order valence-electron chi connectivity index (χ3n) is 4.74. The van der Waals surface area contributed by atoms with Gasteiger partial charge < -0.3 is 14.2 Å². The number of aryl methyl sites for hydroxylation is 2. The molecule has 0 bridgehead atoms. The van der Waals surface area contributed by atoms with E-state index in [1.807, 2.05) is 4.90 Å². The molecule has 0 N–H and O–H groups in total. The van der Waals surface area contributed by atoms with Gasteiger partial charge in [0.15, 0.2) is 11.6 Å². The zero-order valence-corrected chi connectivity index (χ0v) is 14.9. The predicted octanol–water partition coefficient (Wildman–Crippen LogP) is 3.22. The van der Waals surface area contributed by atoms with Gasteiger partial charge in [0, 0.05) is 37.4 Å². The number of pyridine rings is 1. The van der Waals surface area contributed by atoms with Gasteiger partial charge in [0.2, 0.25) is 0 Å². The highest BCUT2D eigenvalue weighted by Gasteiger charge is 2.27. The van der Waals surface area contributed by atoms with Crippen LogP contribution >= 0.6 is 0 Å². The normalized spacial score (nSPS) is 16.9. The van der Waals surface area contributed by atoms with E-state index in [1.165, 1.54) is 6.07 Å². The van der Waals surface area contributed by atoms with Crippen molar-refractivity contribution in [2.75, 3.05) is 25.0 Å². The van der Waals surface area contributed by atoms with Crippen molar-refractivity contribution in [2.24, 2.45) is 0 Å². The highest BCUT2D eigenvalue weighted by Crippen LogP contribution is 2.38. The average molecular weight is 373 g/mol. The number of ketones is 1. The molecule has 0 aliphatic carbocycles. The average Bonchev–Trinajstić information content (AvgIpc) is 3.07. The number of Topliss-reactive ketones (excluding diaryl/α,β-unsaturated/α-hetero) is 1. The van der Waals surface area contributed by atoms with E-state index in [1.54, 1.807) is 13.8 Å². The fourth-order valence-electron chi connectivity index (χ4n) is 3.35. The van der Waals surface area contributed by atoms with E-state index in [2.05, 4.69) is 15.1 Å². The van der Waals surface area contributed by atoms with Gasteiger partial charge in [0.25, 0.3) is 5.89 Å². The van der Waals surface area contributed by atoms with Crippen LogP contribution < -0.4 is 9.64 Å². The monoisotopic (exact) mass is 373 g/mol. The number of hydrogen-bond donors (Lipinski definition) is 0. The maximum atomic E-state index is 14.9. The van der Waals surface area contributed by atoms with Gasteiger partial charge in [0.05, 0.1) is 16.7 Å². The van der Waals surface area contributed by atoms with Crippen LogP contribution in [0.15, 0.2) is 16.7 Å². The minimum Gasteiger partial charge on any atom is -0.497 e. The lowest BCUT2D eigenvalue weighted by Gasteiger charge is -2.29. The summed E-state index contributed by atoms with van der Waals surface area (Å²) in [5, 5.41) is 4.21. The van der Waals surface area contributed by atoms with Gasteiger partial charge in [0.1, 0.15) is 22.9 Å². The topological polar surface area (TPSA) is 81.4 Å². The Hall–Kier alpha value is -3.03. The van der Waals surface area contributed by atoms with Crippen LogP contribution in [0.2, 0.25) is 0 Å². The minimum atomic E-state index is -2.71. The molecule has 4 rings (SSSR count). The first-order chi connectivity index (χ1) is 14.1.